The van der Waals surface area contributed by atoms with Crippen molar-refractivity contribution in [2.45, 2.75) is 20.4 Å². The highest BCUT2D eigenvalue weighted by Gasteiger charge is 2.18. The Balaban J connectivity index is 1.86. The van der Waals surface area contributed by atoms with E-state index in [1.54, 1.807) is 18.3 Å². The van der Waals surface area contributed by atoms with Gasteiger partial charge in [0.15, 0.2) is 5.78 Å². The van der Waals surface area contributed by atoms with Crippen LogP contribution in [0.2, 0.25) is 0 Å². The predicted molar refractivity (Wildman–Crippen MR) is 120 cm³/mol. The van der Waals surface area contributed by atoms with Crippen molar-refractivity contribution in [3.05, 3.63) is 105 Å². The van der Waals surface area contributed by atoms with Crippen molar-refractivity contribution in [2.24, 2.45) is 0 Å². The molecule has 5 heteroatoms. The first-order valence-electron chi connectivity index (χ1n) is 9.86. The number of nitrogens with zero attached hydrogens (tertiary/aromatic N) is 2. The van der Waals surface area contributed by atoms with Gasteiger partial charge in [-0.15, -0.1) is 0 Å². The van der Waals surface area contributed by atoms with Crippen LogP contribution >= 0.6 is 0 Å². The molecule has 0 amide bonds. The number of pyridine rings is 2. The standard InChI is InChI=1S/C25H23N3O2/c1-16-11-12-18(13-17(16)2)24(29)21-15-28(14-19-7-6-10-23(26-3)27-19)22-9-5-4-8-20(22)25(21)30/h4-13,15H,14H2,1-3H3,(H,26,27). The van der Waals surface area contributed by atoms with Gasteiger partial charge < -0.3 is 9.88 Å². The van der Waals surface area contributed by atoms with E-state index >= 15 is 0 Å². The van der Waals surface area contributed by atoms with Gasteiger partial charge in [0.25, 0.3) is 0 Å². The molecule has 0 fully saturated rings. The maximum Gasteiger partial charge on any atom is 0.200 e. The quantitative estimate of drug-likeness (QED) is 0.509. The molecule has 4 aromatic rings. The van der Waals surface area contributed by atoms with E-state index in [-0.39, 0.29) is 16.8 Å². The van der Waals surface area contributed by atoms with Gasteiger partial charge in [-0.25, -0.2) is 4.98 Å². The lowest BCUT2D eigenvalue weighted by atomic mass is 9.99. The third-order valence-corrected chi connectivity index (χ3v) is 5.40. The minimum absolute atomic E-state index is 0.168. The number of ketones is 1. The van der Waals surface area contributed by atoms with E-state index in [9.17, 15) is 9.59 Å². The lowest BCUT2D eigenvalue weighted by molar-refractivity contribution is 0.103. The topological polar surface area (TPSA) is 64.0 Å². The highest BCUT2D eigenvalue weighted by atomic mass is 16.1. The molecule has 1 N–H and O–H groups in total. The van der Waals surface area contributed by atoms with Crippen LogP contribution in [-0.2, 0) is 6.54 Å². The van der Waals surface area contributed by atoms with Gasteiger partial charge in [0.2, 0.25) is 5.43 Å². The largest absolute Gasteiger partial charge is 0.373 e. The first-order valence-corrected chi connectivity index (χ1v) is 9.86. The zero-order valence-corrected chi connectivity index (χ0v) is 17.3. The zero-order valence-electron chi connectivity index (χ0n) is 17.3. The fourth-order valence-electron chi connectivity index (χ4n) is 3.56. The van der Waals surface area contributed by atoms with Gasteiger partial charge in [-0.1, -0.05) is 30.3 Å². The Hall–Kier alpha value is -3.73. The van der Waals surface area contributed by atoms with Crippen molar-refractivity contribution in [3.63, 3.8) is 0 Å². The van der Waals surface area contributed by atoms with Crippen molar-refractivity contribution < 1.29 is 4.79 Å². The summed E-state index contributed by atoms with van der Waals surface area (Å²) in [5, 5.41) is 3.56. The smallest absolute Gasteiger partial charge is 0.200 e. The molecule has 0 aliphatic rings. The molecular weight excluding hydrogens is 374 g/mol. The third kappa shape index (κ3) is 3.62. The second-order valence-corrected chi connectivity index (χ2v) is 7.41. The number of anilines is 1. The van der Waals surface area contributed by atoms with E-state index in [1.807, 2.05) is 74.0 Å². The molecule has 0 aliphatic carbocycles. The second kappa shape index (κ2) is 7.95. The second-order valence-electron chi connectivity index (χ2n) is 7.41. The molecule has 2 aromatic heterocycles. The van der Waals surface area contributed by atoms with Crippen molar-refractivity contribution in [2.75, 3.05) is 12.4 Å². The first-order chi connectivity index (χ1) is 14.5. The third-order valence-electron chi connectivity index (χ3n) is 5.40. The summed E-state index contributed by atoms with van der Waals surface area (Å²) in [5.41, 5.74) is 4.18. The van der Waals surface area contributed by atoms with Crippen molar-refractivity contribution in [1.29, 1.82) is 0 Å². The molecule has 0 atom stereocenters. The maximum atomic E-state index is 13.2. The highest BCUT2D eigenvalue weighted by molar-refractivity contribution is 6.10. The van der Waals surface area contributed by atoms with Gasteiger partial charge in [-0.2, -0.15) is 0 Å². The summed E-state index contributed by atoms with van der Waals surface area (Å²) in [6, 6.07) is 18.6. The van der Waals surface area contributed by atoms with Gasteiger partial charge in [0.1, 0.15) is 5.82 Å². The zero-order chi connectivity index (χ0) is 21.3. The Morgan fingerprint density at radius 1 is 1.00 bits per heavy atom. The molecule has 0 bridgehead atoms. The number of hydrogen-bond acceptors (Lipinski definition) is 4. The summed E-state index contributed by atoms with van der Waals surface area (Å²) in [7, 11) is 1.82. The van der Waals surface area contributed by atoms with E-state index in [2.05, 4.69) is 10.3 Å². The monoisotopic (exact) mass is 397 g/mol. The van der Waals surface area contributed by atoms with Gasteiger partial charge in [-0.3, -0.25) is 9.59 Å². The highest BCUT2D eigenvalue weighted by Crippen LogP contribution is 2.18. The lowest BCUT2D eigenvalue weighted by Crippen LogP contribution is -2.20. The molecule has 0 spiro atoms. The molecule has 0 saturated heterocycles. The van der Waals surface area contributed by atoms with E-state index < -0.39 is 0 Å². The van der Waals surface area contributed by atoms with Gasteiger partial charge in [0.05, 0.1) is 23.3 Å². The molecule has 0 radical (unpaired) electrons. The van der Waals surface area contributed by atoms with Crippen LogP contribution in [0.3, 0.4) is 0 Å². The molecule has 0 unspecified atom stereocenters. The summed E-state index contributed by atoms with van der Waals surface area (Å²) >= 11 is 0. The number of fused-ring (bicyclic) bond motifs is 1. The Morgan fingerprint density at radius 2 is 1.80 bits per heavy atom. The maximum absolute atomic E-state index is 13.2. The van der Waals surface area contributed by atoms with Crippen LogP contribution in [0, 0.1) is 13.8 Å². The number of benzene rings is 2. The minimum atomic E-state index is -0.264. The number of aromatic nitrogens is 2. The van der Waals surface area contributed by atoms with Crippen LogP contribution in [0.5, 0.6) is 0 Å². The SMILES string of the molecule is CNc1cccc(Cn2cc(C(=O)c3ccc(C)c(C)c3)c(=O)c3ccccc32)n1. The fourth-order valence-corrected chi connectivity index (χ4v) is 3.56. The van der Waals surface area contributed by atoms with Gasteiger partial charge >= 0.3 is 0 Å². The Morgan fingerprint density at radius 3 is 2.57 bits per heavy atom. The number of carbonyl (C=O) groups is 1. The predicted octanol–water partition coefficient (Wildman–Crippen LogP) is 4.33. The lowest BCUT2D eigenvalue weighted by Gasteiger charge is -2.14. The van der Waals surface area contributed by atoms with E-state index in [1.165, 1.54) is 0 Å². The van der Waals surface area contributed by atoms with Crippen molar-refractivity contribution in [3.8, 4) is 0 Å². The number of carbonyl (C=O) groups excluding carboxylic acids is 1. The molecule has 0 aliphatic heterocycles. The summed E-state index contributed by atoms with van der Waals surface area (Å²) < 4.78 is 1.92. The van der Waals surface area contributed by atoms with E-state index in [4.69, 9.17) is 0 Å². The molecule has 2 aromatic carbocycles. The van der Waals surface area contributed by atoms with Crippen molar-refractivity contribution in [1.82, 2.24) is 9.55 Å². The number of para-hydroxylation sites is 1. The summed E-state index contributed by atoms with van der Waals surface area (Å²) in [6.45, 7) is 4.41. The summed E-state index contributed by atoms with van der Waals surface area (Å²) in [6.07, 6.45) is 1.66. The van der Waals surface area contributed by atoms with Crippen LogP contribution < -0.4 is 10.7 Å². The van der Waals surface area contributed by atoms with Crippen molar-refractivity contribution >= 4 is 22.5 Å². The number of aryl methyl sites for hydroxylation is 2. The molecule has 2 heterocycles. The van der Waals surface area contributed by atoms with Crippen LogP contribution in [0.1, 0.15) is 32.7 Å². The van der Waals surface area contributed by atoms with Crippen LogP contribution in [0.4, 0.5) is 5.82 Å². The Labute approximate surface area is 175 Å². The molecule has 30 heavy (non-hydrogen) atoms. The first kappa shape index (κ1) is 19.6. The van der Waals surface area contributed by atoms with Gasteiger partial charge in [0, 0.05) is 24.2 Å². The normalized spacial score (nSPS) is 10.9. The fraction of sp³-hybridized carbons (Fsp3) is 0.160. The van der Waals surface area contributed by atoms with Crippen LogP contribution in [0.25, 0.3) is 10.9 Å². The van der Waals surface area contributed by atoms with Crippen LogP contribution in [0.15, 0.2) is 71.7 Å². The molecule has 4 rings (SSSR count). The summed E-state index contributed by atoms with van der Waals surface area (Å²) in [4.78, 5) is 31.0. The molecule has 0 saturated carbocycles. The minimum Gasteiger partial charge on any atom is -0.373 e. The Kier molecular flexibility index (Phi) is 5.19. The number of nitrogens with one attached hydrogen (secondary N) is 1. The van der Waals surface area contributed by atoms with Gasteiger partial charge in [-0.05, 0) is 55.3 Å². The average Bonchev–Trinajstić information content (AvgIpc) is 2.77. The van der Waals surface area contributed by atoms with E-state index in [0.717, 1.165) is 28.2 Å². The Bertz CT molecular complexity index is 1320. The number of hydrogen-bond donors (Lipinski definition) is 1. The number of rotatable bonds is 5. The van der Waals surface area contributed by atoms with Crippen LogP contribution in [-0.4, -0.2) is 22.4 Å². The summed E-state index contributed by atoms with van der Waals surface area (Å²) in [5.74, 6) is 0.504. The molecule has 150 valence electrons. The average molecular weight is 397 g/mol. The molecular formula is C25H23N3O2. The molecule has 5 nitrogen and oxygen atoms in total. The van der Waals surface area contributed by atoms with E-state index in [0.29, 0.717) is 17.5 Å².